The van der Waals surface area contributed by atoms with Gasteiger partial charge in [-0.3, -0.25) is 29.9 Å². The standard InChI is InChI=1S/C24H19N3O5S/c1-13-8-14(2)10-17(9-13)26-23(29)20(22(28)25-24(26)33)12-18-5-7-21(32-18)19-6-4-16(27(30)31)11-15(19)3/h4-12H,1-3H3,(H,25,28,33). The van der Waals surface area contributed by atoms with Gasteiger partial charge in [0.2, 0.25) is 0 Å². The maximum absolute atomic E-state index is 13.2. The molecular weight excluding hydrogens is 442 g/mol. The van der Waals surface area contributed by atoms with Gasteiger partial charge in [-0.15, -0.1) is 0 Å². The summed E-state index contributed by atoms with van der Waals surface area (Å²) < 4.78 is 5.83. The van der Waals surface area contributed by atoms with Crippen LogP contribution in [-0.4, -0.2) is 21.9 Å². The summed E-state index contributed by atoms with van der Waals surface area (Å²) in [6.45, 7) is 5.56. The fourth-order valence-electron chi connectivity index (χ4n) is 3.73. The number of nitrogens with zero attached hydrogens (tertiary/aromatic N) is 2. The zero-order chi connectivity index (χ0) is 23.9. The molecule has 9 heteroatoms. The van der Waals surface area contributed by atoms with Gasteiger partial charge in [0.25, 0.3) is 17.5 Å². The number of furan rings is 1. The third-order valence-electron chi connectivity index (χ3n) is 5.17. The Morgan fingerprint density at radius 2 is 1.73 bits per heavy atom. The van der Waals surface area contributed by atoms with Crippen LogP contribution in [0.25, 0.3) is 17.4 Å². The van der Waals surface area contributed by atoms with Crippen LogP contribution in [0.1, 0.15) is 22.5 Å². The molecule has 1 aliphatic heterocycles. The SMILES string of the molecule is Cc1cc(C)cc(N2C(=O)C(=Cc3ccc(-c4ccc([N+](=O)[O-])cc4C)o3)C(=O)NC2=S)c1. The van der Waals surface area contributed by atoms with Crippen LogP contribution in [0.2, 0.25) is 0 Å². The molecule has 1 aliphatic rings. The number of nitrogens with one attached hydrogen (secondary N) is 1. The molecule has 0 atom stereocenters. The third-order valence-corrected chi connectivity index (χ3v) is 5.45. The quantitative estimate of drug-likeness (QED) is 0.200. The van der Waals surface area contributed by atoms with Crippen molar-refractivity contribution in [1.29, 1.82) is 0 Å². The number of carbonyl (C=O) groups excluding carboxylic acids is 2. The van der Waals surface area contributed by atoms with E-state index in [2.05, 4.69) is 5.32 Å². The van der Waals surface area contributed by atoms with Crippen LogP contribution in [0, 0.1) is 30.9 Å². The predicted octanol–water partition coefficient (Wildman–Crippen LogP) is 4.61. The number of amides is 2. The van der Waals surface area contributed by atoms with Gasteiger partial charge in [-0.2, -0.15) is 0 Å². The number of benzene rings is 2. The Kier molecular flexibility index (Phi) is 5.65. The number of nitro benzene ring substituents is 1. The van der Waals surface area contributed by atoms with Crippen molar-refractivity contribution in [1.82, 2.24) is 5.32 Å². The lowest BCUT2D eigenvalue weighted by molar-refractivity contribution is -0.384. The molecule has 1 aromatic heterocycles. The average molecular weight is 461 g/mol. The highest BCUT2D eigenvalue weighted by molar-refractivity contribution is 7.80. The number of non-ortho nitro benzene ring substituents is 1. The summed E-state index contributed by atoms with van der Waals surface area (Å²) in [4.78, 5) is 37.5. The van der Waals surface area contributed by atoms with E-state index in [4.69, 9.17) is 16.6 Å². The van der Waals surface area contributed by atoms with E-state index in [-0.39, 0.29) is 22.1 Å². The van der Waals surface area contributed by atoms with Crippen molar-refractivity contribution in [2.45, 2.75) is 20.8 Å². The Morgan fingerprint density at radius 3 is 2.36 bits per heavy atom. The first kappa shape index (κ1) is 22.1. The van der Waals surface area contributed by atoms with E-state index in [1.54, 1.807) is 25.1 Å². The molecule has 166 valence electrons. The minimum absolute atomic E-state index is 0.00814. The molecule has 0 aliphatic carbocycles. The van der Waals surface area contributed by atoms with Gasteiger partial charge >= 0.3 is 0 Å². The van der Waals surface area contributed by atoms with Crippen molar-refractivity contribution in [3.8, 4) is 11.3 Å². The highest BCUT2D eigenvalue weighted by atomic mass is 32.1. The molecule has 0 bridgehead atoms. The Hall–Kier alpha value is -4.11. The van der Waals surface area contributed by atoms with Crippen molar-refractivity contribution in [2.24, 2.45) is 0 Å². The van der Waals surface area contributed by atoms with Crippen LogP contribution in [0.4, 0.5) is 11.4 Å². The number of nitro groups is 1. The summed E-state index contributed by atoms with van der Waals surface area (Å²) in [6.07, 6.45) is 1.36. The number of hydrogen-bond acceptors (Lipinski definition) is 6. The van der Waals surface area contributed by atoms with E-state index in [1.165, 1.54) is 23.1 Å². The van der Waals surface area contributed by atoms with Gasteiger partial charge in [0.1, 0.15) is 17.1 Å². The molecule has 2 amide bonds. The number of hydrogen-bond donors (Lipinski definition) is 1. The number of aryl methyl sites for hydroxylation is 3. The molecule has 3 aromatic rings. The molecule has 1 fully saturated rings. The minimum Gasteiger partial charge on any atom is -0.457 e. The van der Waals surface area contributed by atoms with Gasteiger partial charge in [0.05, 0.1) is 10.6 Å². The molecule has 1 saturated heterocycles. The fraction of sp³-hybridized carbons (Fsp3) is 0.125. The minimum atomic E-state index is -0.616. The topological polar surface area (TPSA) is 106 Å². The van der Waals surface area contributed by atoms with Gasteiger partial charge in [-0.1, -0.05) is 6.07 Å². The molecule has 2 aromatic carbocycles. The Labute approximate surface area is 194 Å². The molecule has 8 nitrogen and oxygen atoms in total. The lowest BCUT2D eigenvalue weighted by Gasteiger charge is -2.29. The van der Waals surface area contributed by atoms with E-state index < -0.39 is 16.7 Å². The zero-order valence-corrected chi connectivity index (χ0v) is 18.9. The largest absolute Gasteiger partial charge is 0.457 e. The summed E-state index contributed by atoms with van der Waals surface area (Å²) >= 11 is 5.25. The monoisotopic (exact) mass is 461 g/mol. The van der Waals surface area contributed by atoms with Crippen LogP contribution in [0.5, 0.6) is 0 Å². The predicted molar refractivity (Wildman–Crippen MR) is 128 cm³/mol. The second kappa shape index (κ2) is 8.44. The number of thiocarbonyl (C=S) groups is 1. The average Bonchev–Trinajstić information content (AvgIpc) is 3.18. The van der Waals surface area contributed by atoms with Crippen molar-refractivity contribution < 1.29 is 18.9 Å². The maximum Gasteiger partial charge on any atom is 0.270 e. The van der Waals surface area contributed by atoms with Gasteiger partial charge in [0, 0.05) is 17.7 Å². The molecule has 33 heavy (non-hydrogen) atoms. The fourth-order valence-corrected chi connectivity index (χ4v) is 4.01. The summed E-state index contributed by atoms with van der Waals surface area (Å²) in [6, 6.07) is 13.3. The van der Waals surface area contributed by atoms with Gasteiger partial charge in [0.15, 0.2) is 5.11 Å². The van der Waals surface area contributed by atoms with E-state index in [0.29, 0.717) is 22.6 Å². The lowest BCUT2D eigenvalue weighted by Crippen LogP contribution is -2.54. The molecule has 2 heterocycles. The third kappa shape index (κ3) is 4.31. The summed E-state index contributed by atoms with van der Waals surface area (Å²) in [5.41, 5.74) is 3.67. The van der Waals surface area contributed by atoms with Crippen molar-refractivity contribution >= 4 is 46.6 Å². The summed E-state index contributed by atoms with van der Waals surface area (Å²) in [7, 11) is 0. The van der Waals surface area contributed by atoms with Crippen LogP contribution in [0.3, 0.4) is 0 Å². The Bertz CT molecular complexity index is 1350. The van der Waals surface area contributed by atoms with E-state index in [9.17, 15) is 19.7 Å². The van der Waals surface area contributed by atoms with Crippen LogP contribution < -0.4 is 10.2 Å². The molecule has 1 N–H and O–H groups in total. The number of anilines is 1. The Balaban J connectivity index is 1.68. The number of rotatable bonds is 4. The van der Waals surface area contributed by atoms with Gasteiger partial charge < -0.3 is 4.42 Å². The van der Waals surface area contributed by atoms with Crippen LogP contribution in [-0.2, 0) is 9.59 Å². The zero-order valence-electron chi connectivity index (χ0n) is 18.0. The molecule has 0 saturated carbocycles. The van der Waals surface area contributed by atoms with Gasteiger partial charge in [-0.25, -0.2) is 0 Å². The first-order valence-corrected chi connectivity index (χ1v) is 10.4. The molecule has 0 unspecified atom stereocenters. The molecule has 4 rings (SSSR count). The molecular formula is C24H19N3O5S. The van der Waals surface area contributed by atoms with Crippen LogP contribution >= 0.6 is 12.2 Å². The first-order chi connectivity index (χ1) is 15.6. The summed E-state index contributed by atoms with van der Waals surface area (Å²) in [5.74, 6) is -0.428. The van der Waals surface area contributed by atoms with E-state index in [1.807, 2.05) is 32.0 Å². The highest BCUT2D eigenvalue weighted by Crippen LogP contribution is 2.30. The van der Waals surface area contributed by atoms with Crippen molar-refractivity contribution in [3.63, 3.8) is 0 Å². The summed E-state index contributed by atoms with van der Waals surface area (Å²) in [5, 5.41) is 13.5. The van der Waals surface area contributed by atoms with Crippen molar-refractivity contribution in [3.05, 3.63) is 86.7 Å². The second-order valence-corrected chi connectivity index (χ2v) is 8.15. The van der Waals surface area contributed by atoms with Crippen molar-refractivity contribution in [2.75, 3.05) is 4.90 Å². The first-order valence-electron chi connectivity index (χ1n) is 9.99. The Morgan fingerprint density at radius 1 is 1.03 bits per heavy atom. The second-order valence-electron chi connectivity index (χ2n) is 7.76. The number of carbonyl (C=O) groups is 2. The highest BCUT2D eigenvalue weighted by Gasteiger charge is 2.35. The normalized spacial score (nSPS) is 15.2. The van der Waals surface area contributed by atoms with Crippen LogP contribution in [0.15, 0.2) is 58.5 Å². The maximum atomic E-state index is 13.2. The van der Waals surface area contributed by atoms with Gasteiger partial charge in [-0.05, 0) is 86.1 Å². The molecule has 0 spiro atoms. The smallest absolute Gasteiger partial charge is 0.270 e. The lowest BCUT2D eigenvalue weighted by atomic mass is 10.1. The van der Waals surface area contributed by atoms with E-state index in [0.717, 1.165) is 11.1 Å². The van der Waals surface area contributed by atoms with E-state index >= 15 is 0 Å². The molecule has 0 radical (unpaired) electrons.